The van der Waals surface area contributed by atoms with E-state index in [1.165, 1.54) is 0 Å². The minimum Gasteiger partial charge on any atom is -0.359 e. The van der Waals surface area contributed by atoms with Crippen molar-refractivity contribution in [2.45, 2.75) is 25.3 Å². The fourth-order valence-corrected chi connectivity index (χ4v) is 3.08. The molecule has 7 nitrogen and oxygen atoms in total. The highest BCUT2D eigenvalue weighted by molar-refractivity contribution is 5.85. The van der Waals surface area contributed by atoms with Crippen LogP contribution in [0.5, 0.6) is 0 Å². The lowest BCUT2D eigenvalue weighted by Crippen LogP contribution is -2.55. The van der Waals surface area contributed by atoms with E-state index in [1.807, 2.05) is 19.2 Å². The van der Waals surface area contributed by atoms with Crippen LogP contribution in [0.1, 0.15) is 19.8 Å². The van der Waals surface area contributed by atoms with Crippen LogP contribution in [0, 0.1) is 5.92 Å². The minimum absolute atomic E-state index is 0.0217. The van der Waals surface area contributed by atoms with Gasteiger partial charge in [0.15, 0.2) is 0 Å². The zero-order valence-electron chi connectivity index (χ0n) is 13.5. The monoisotopic (exact) mass is 307 g/mol. The summed E-state index contributed by atoms with van der Waals surface area (Å²) in [6, 6.07) is 1.84. The van der Waals surface area contributed by atoms with Crippen LogP contribution in [-0.2, 0) is 15.1 Å². The van der Waals surface area contributed by atoms with Crippen molar-refractivity contribution in [2.75, 3.05) is 33.7 Å². The van der Waals surface area contributed by atoms with Gasteiger partial charge in [-0.25, -0.2) is 0 Å². The normalized spacial score (nSPS) is 18.5. The van der Waals surface area contributed by atoms with Gasteiger partial charge in [-0.1, -0.05) is 6.92 Å². The number of carbonyl (C=O) groups excluding carboxylic acids is 2. The van der Waals surface area contributed by atoms with E-state index in [2.05, 4.69) is 15.7 Å². The maximum Gasteiger partial charge on any atom is 0.250 e. The van der Waals surface area contributed by atoms with Crippen molar-refractivity contribution in [1.29, 1.82) is 0 Å². The van der Waals surface area contributed by atoms with Crippen molar-refractivity contribution in [2.24, 2.45) is 5.92 Å². The second-order valence-electron chi connectivity index (χ2n) is 5.93. The summed E-state index contributed by atoms with van der Waals surface area (Å²) in [6.45, 7) is 3.79. The lowest BCUT2D eigenvalue weighted by atomic mass is 9.86. The SMILES string of the molecule is CNC(=O)C(C)CN(C)C(=O)C1(n2cccn2)CCNCC1. The Labute approximate surface area is 131 Å². The molecule has 1 aromatic heterocycles. The number of piperidine rings is 1. The van der Waals surface area contributed by atoms with Crippen LogP contribution in [0.4, 0.5) is 0 Å². The van der Waals surface area contributed by atoms with Crippen molar-refractivity contribution in [3.8, 4) is 0 Å². The molecular weight excluding hydrogens is 282 g/mol. The molecule has 1 aromatic rings. The van der Waals surface area contributed by atoms with Crippen LogP contribution in [0.15, 0.2) is 18.5 Å². The van der Waals surface area contributed by atoms with Crippen LogP contribution >= 0.6 is 0 Å². The van der Waals surface area contributed by atoms with Gasteiger partial charge in [-0.15, -0.1) is 0 Å². The highest BCUT2D eigenvalue weighted by atomic mass is 16.2. The number of likely N-dealkylation sites (N-methyl/N-ethyl adjacent to an activating group) is 1. The van der Waals surface area contributed by atoms with Crippen molar-refractivity contribution in [1.82, 2.24) is 25.3 Å². The topological polar surface area (TPSA) is 79.3 Å². The Morgan fingerprint density at radius 3 is 2.68 bits per heavy atom. The summed E-state index contributed by atoms with van der Waals surface area (Å²) < 4.78 is 1.78. The molecule has 0 saturated carbocycles. The molecule has 22 heavy (non-hydrogen) atoms. The molecule has 2 heterocycles. The van der Waals surface area contributed by atoms with Gasteiger partial charge in [0.05, 0.1) is 5.92 Å². The molecule has 0 bridgehead atoms. The van der Waals surface area contributed by atoms with E-state index in [0.717, 1.165) is 13.1 Å². The third-order valence-corrected chi connectivity index (χ3v) is 4.36. The largest absolute Gasteiger partial charge is 0.359 e. The molecule has 2 amide bonds. The van der Waals surface area contributed by atoms with E-state index in [0.29, 0.717) is 19.4 Å². The van der Waals surface area contributed by atoms with E-state index in [-0.39, 0.29) is 17.7 Å². The van der Waals surface area contributed by atoms with E-state index >= 15 is 0 Å². The number of amides is 2. The van der Waals surface area contributed by atoms with Crippen LogP contribution < -0.4 is 10.6 Å². The Bertz CT molecular complexity index is 508. The quantitative estimate of drug-likeness (QED) is 0.790. The van der Waals surface area contributed by atoms with E-state index < -0.39 is 5.54 Å². The van der Waals surface area contributed by atoms with Gasteiger partial charge in [-0.2, -0.15) is 5.10 Å². The molecule has 1 fully saturated rings. The van der Waals surface area contributed by atoms with Crippen molar-refractivity contribution in [3.05, 3.63) is 18.5 Å². The second-order valence-corrected chi connectivity index (χ2v) is 5.93. The summed E-state index contributed by atoms with van der Waals surface area (Å²) in [5, 5.41) is 10.2. The highest BCUT2D eigenvalue weighted by Crippen LogP contribution is 2.29. The van der Waals surface area contributed by atoms with Gasteiger partial charge in [0.2, 0.25) is 11.8 Å². The lowest BCUT2D eigenvalue weighted by Gasteiger charge is -2.39. The second kappa shape index (κ2) is 6.91. The van der Waals surface area contributed by atoms with Crippen molar-refractivity contribution >= 4 is 11.8 Å². The Kier molecular flexibility index (Phi) is 5.18. The fourth-order valence-electron chi connectivity index (χ4n) is 3.08. The first-order valence-electron chi connectivity index (χ1n) is 7.69. The number of nitrogens with one attached hydrogen (secondary N) is 2. The summed E-state index contributed by atoms with van der Waals surface area (Å²) >= 11 is 0. The fraction of sp³-hybridized carbons (Fsp3) is 0.667. The molecule has 1 saturated heterocycles. The van der Waals surface area contributed by atoms with E-state index in [1.54, 1.807) is 29.9 Å². The van der Waals surface area contributed by atoms with Crippen LogP contribution in [-0.4, -0.2) is 60.2 Å². The first-order valence-corrected chi connectivity index (χ1v) is 7.69. The molecule has 122 valence electrons. The Morgan fingerprint density at radius 2 is 2.14 bits per heavy atom. The Morgan fingerprint density at radius 1 is 1.45 bits per heavy atom. The van der Waals surface area contributed by atoms with E-state index in [4.69, 9.17) is 0 Å². The zero-order chi connectivity index (χ0) is 16.2. The van der Waals surface area contributed by atoms with Gasteiger partial charge in [-0.3, -0.25) is 14.3 Å². The van der Waals surface area contributed by atoms with Gasteiger partial charge in [0.1, 0.15) is 5.54 Å². The molecule has 7 heteroatoms. The maximum absolute atomic E-state index is 13.1. The Balaban J connectivity index is 2.17. The molecule has 1 atom stereocenters. The van der Waals surface area contributed by atoms with Gasteiger partial charge < -0.3 is 15.5 Å². The lowest BCUT2D eigenvalue weighted by molar-refractivity contribution is -0.143. The highest BCUT2D eigenvalue weighted by Gasteiger charge is 2.43. The molecule has 1 unspecified atom stereocenters. The molecule has 0 spiro atoms. The van der Waals surface area contributed by atoms with Gasteiger partial charge >= 0.3 is 0 Å². The van der Waals surface area contributed by atoms with Gasteiger partial charge in [-0.05, 0) is 32.0 Å². The Hall–Kier alpha value is -1.89. The molecule has 0 radical (unpaired) electrons. The number of hydrogen-bond acceptors (Lipinski definition) is 4. The summed E-state index contributed by atoms with van der Waals surface area (Å²) in [4.78, 5) is 26.4. The van der Waals surface area contributed by atoms with E-state index in [9.17, 15) is 9.59 Å². The zero-order valence-corrected chi connectivity index (χ0v) is 13.5. The third-order valence-electron chi connectivity index (χ3n) is 4.36. The molecule has 0 aliphatic carbocycles. The molecule has 0 aromatic carbocycles. The predicted molar refractivity (Wildman–Crippen MR) is 83.2 cm³/mol. The average Bonchev–Trinajstić information content (AvgIpc) is 3.08. The number of carbonyl (C=O) groups is 2. The summed E-state index contributed by atoms with van der Waals surface area (Å²) in [5.41, 5.74) is -0.647. The molecule has 1 aliphatic rings. The minimum atomic E-state index is -0.647. The summed E-state index contributed by atoms with van der Waals surface area (Å²) in [5.74, 6) is -0.276. The third kappa shape index (κ3) is 3.14. The van der Waals surface area contributed by atoms with Crippen LogP contribution in [0.3, 0.4) is 0 Å². The van der Waals surface area contributed by atoms with Gasteiger partial charge in [0, 0.05) is 33.0 Å². The number of nitrogens with zero attached hydrogens (tertiary/aromatic N) is 3. The number of hydrogen-bond donors (Lipinski definition) is 2. The smallest absolute Gasteiger partial charge is 0.250 e. The summed E-state index contributed by atoms with van der Waals surface area (Å²) in [7, 11) is 3.37. The average molecular weight is 307 g/mol. The van der Waals surface area contributed by atoms with Gasteiger partial charge in [0.25, 0.3) is 0 Å². The van der Waals surface area contributed by atoms with Crippen LogP contribution in [0.2, 0.25) is 0 Å². The first-order chi connectivity index (χ1) is 10.5. The maximum atomic E-state index is 13.1. The molecule has 2 N–H and O–H groups in total. The number of rotatable bonds is 5. The van der Waals surface area contributed by atoms with Crippen molar-refractivity contribution < 1.29 is 9.59 Å². The predicted octanol–water partition coefficient (Wildman–Crippen LogP) is -0.198. The van der Waals surface area contributed by atoms with Crippen LogP contribution in [0.25, 0.3) is 0 Å². The first kappa shape index (κ1) is 16.5. The van der Waals surface area contributed by atoms with Crippen molar-refractivity contribution in [3.63, 3.8) is 0 Å². The molecular formula is C15H25N5O2. The molecule has 1 aliphatic heterocycles. The number of aromatic nitrogens is 2. The molecule has 2 rings (SSSR count). The summed E-state index contributed by atoms with van der Waals surface area (Å²) in [6.07, 6.45) is 4.95. The standard InChI is InChI=1S/C15H25N5O2/c1-12(13(21)16-2)11-19(3)14(22)15(5-8-17-9-6-15)20-10-4-7-18-20/h4,7,10,12,17H,5-6,8-9,11H2,1-3H3,(H,16,21).